The van der Waals surface area contributed by atoms with E-state index in [1.54, 1.807) is 31.3 Å². The lowest BCUT2D eigenvalue weighted by Crippen LogP contribution is -2.15. The summed E-state index contributed by atoms with van der Waals surface area (Å²) in [5.41, 5.74) is 0.526. The van der Waals surface area contributed by atoms with Crippen LogP contribution in [0.15, 0.2) is 40.1 Å². The van der Waals surface area contributed by atoms with Gasteiger partial charge in [-0.05, 0) is 25.1 Å². The van der Waals surface area contributed by atoms with Crippen LogP contribution in [0, 0.1) is 6.92 Å². The number of hydrogen-bond acceptors (Lipinski definition) is 7. The second-order valence-electron chi connectivity index (χ2n) is 4.43. The maximum atomic E-state index is 12.3. The molecule has 0 bridgehead atoms. The summed E-state index contributed by atoms with van der Waals surface area (Å²) in [6, 6.07) is 6.65. The molecule has 3 aromatic rings. The normalized spacial score (nSPS) is 11.4. The van der Waals surface area contributed by atoms with Crippen molar-refractivity contribution < 1.29 is 8.42 Å². The molecule has 0 aromatic carbocycles. The SMILES string of the molecule is Cc1nc(NS(=O)(=O)c2cc(Cl)cs2)nc(-c2ccccn2)n1. The van der Waals surface area contributed by atoms with Gasteiger partial charge in [-0.3, -0.25) is 4.98 Å². The van der Waals surface area contributed by atoms with Crippen molar-refractivity contribution in [2.75, 3.05) is 4.72 Å². The first-order valence-electron chi connectivity index (χ1n) is 6.35. The van der Waals surface area contributed by atoms with Crippen molar-refractivity contribution in [1.29, 1.82) is 0 Å². The van der Waals surface area contributed by atoms with Crippen LogP contribution >= 0.6 is 22.9 Å². The highest BCUT2D eigenvalue weighted by Crippen LogP contribution is 2.25. The van der Waals surface area contributed by atoms with Gasteiger partial charge in [-0.25, -0.2) is 18.1 Å². The number of hydrogen-bond donors (Lipinski definition) is 1. The van der Waals surface area contributed by atoms with Crippen LogP contribution in [0.1, 0.15) is 5.82 Å². The molecule has 0 spiro atoms. The van der Waals surface area contributed by atoms with Crippen molar-refractivity contribution in [3.63, 3.8) is 0 Å². The highest BCUT2D eigenvalue weighted by atomic mass is 35.5. The van der Waals surface area contributed by atoms with E-state index in [1.165, 1.54) is 11.4 Å². The molecule has 10 heteroatoms. The van der Waals surface area contributed by atoms with E-state index in [1.807, 2.05) is 0 Å². The van der Waals surface area contributed by atoms with Gasteiger partial charge in [-0.1, -0.05) is 17.7 Å². The van der Waals surface area contributed by atoms with Crippen LogP contribution in [-0.4, -0.2) is 28.4 Å². The third-order valence-electron chi connectivity index (χ3n) is 2.68. The molecule has 3 rings (SSSR count). The Labute approximate surface area is 141 Å². The zero-order valence-corrected chi connectivity index (χ0v) is 14.2. The van der Waals surface area contributed by atoms with Crippen LogP contribution in [0.25, 0.3) is 11.5 Å². The average molecular weight is 368 g/mol. The van der Waals surface area contributed by atoms with Crippen LogP contribution in [0.4, 0.5) is 5.95 Å². The van der Waals surface area contributed by atoms with Crippen molar-refractivity contribution in [3.05, 3.63) is 46.7 Å². The fourth-order valence-electron chi connectivity index (χ4n) is 1.74. The van der Waals surface area contributed by atoms with Gasteiger partial charge in [0.2, 0.25) is 5.95 Å². The molecule has 7 nitrogen and oxygen atoms in total. The third kappa shape index (κ3) is 3.63. The first-order chi connectivity index (χ1) is 10.9. The Bertz CT molecular complexity index is 944. The molecule has 1 N–H and O–H groups in total. The minimum absolute atomic E-state index is 0.0670. The van der Waals surface area contributed by atoms with Gasteiger partial charge in [0.15, 0.2) is 5.82 Å². The molecule has 0 unspecified atom stereocenters. The largest absolute Gasteiger partial charge is 0.273 e. The van der Waals surface area contributed by atoms with Crippen molar-refractivity contribution in [3.8, 4) is 11.5 Å². The van der Waals surface area contributed by atoms with Gasteiger partial charge < -0.3 is 0 Å². The predicted molar refractivity (Wildman–Crippen MR) is 87.9 cm³/mol. The molecule has 0 atom stereocenters. The number of halogens is 1. The Hall–Kier alpha value is -2.10. The maximum absolute atomic E-state index is 12.3. The van der Waals surface area contributed by atoms with Gasteiger partial charge in [-0.2, -0.15) is 9.97 Å². The molecular formula is C13H10ClN5O2S2. The van der Waals surface area contributed by atoms with E-state index in [2.05, 4.69) is 24.7 Å². The number of thiophene rings is 1. The zero-order chi connectivity index (χ0) is 16.4. The summed E-state index contributed by atoms with van der Waals surface area (Å²) in [5, 5.41) is 1.89. The maximum Gasteiger partial charge on any atom is 0.273 e. The number of aromatic nitrogens is 4. The molecule has 0 aliphatic heterocycles. The average Bonchev–Trinajstić information content (AvgIpc) is 2.95. The first kappa shape index (κ1) is 15.8. The van der Waals surface area contributed by atoms with Gasteiger partial charge in [0.1, 0.15) is 15.7 Å². The summed E-state index contributed by atoms with van der Waals surface area (Å²) in [5.74, 6) is 0.602. The van der Waals surface area contributed by atoms with Crippen molar-refractivity contribution in [2.45, 2.75) is 11.1 Å². The van der Waals surface area contributed by atoms with Crippen molar-refractivity contribution in [2.24, 2.45) is 0 Å². The number of sulfonamides is 1. The van der Waals surface area contributed by atoms with Gasteiger partial charge in [0.05, 0.1) is 5.02 Å². The number of anilines is 1. The minimum Gasteiger partial charge on any atom is -0.253 e. The molecular weight excluding hydrogens is 358 g/mol. The Morgan fingerprint density at radius 3 is 2.70 bits per heavy atom. The highest BCUT2D eigenvalue weighted by molar-refractivity contribution is 7.94. The quantitative estimate of drug-likeness (QED) is 0.761. The van der Waals surface area contributed by atoms with Crippen LogP contribution in [0.5, 0.6) is 0 Å². The first-order valence-corrected chi connectivity index (χ1v) is 9.09. The number of aryl methyl sites for hydroxylation is 1. The second-order valence-corrected chi connectivity index (χ2v) is 7.69. The van der Waals surface area contributed by atoms with Crippen molar-refractivity contribution >= 4 is 38.9 Å². The van der Waals surface area contributed by atoms with E-state index in [0.29, 0.717) is 22.4 Å². The van der Waals surface area contributed by atoms with E-state index in [4.69, 9.17) is 11.6 Å². The standard InChI is InChI=1S/C13H10ClN5O2S2/c1-8-16-12(10-4-2-3-5-15-10)18-13(17-8)19-23(20,21)11-6-9(14)7-22-11/h2-7H,1H3,(H,16,17,18,19). The van der Waals surface area contributed by atoms with E-state index in [0.717, 1.165) is 11.3 Å². The van der Waals surface area contributed by atoms with E-state index >= 15 is 0 Å². The molecule has 0 aliphatic rings. The molecule has 0 fully saturated rings. The molecule has 0 aliphatic carbocycles. The lowest BCUT2D eigenvalue weighted by Gasteiger charge is -2.07. The molecule has 23 heavy (non-hydrogen) atoms. The van der Waals surface area contributed by atoms with Gasteiger partial charge in [0.25, 0.3) is 10.0 Å². The summed E-state index contributed by atoms with van der Waals surface area (Å²) >= 11 is 6.78. The fourth-order valence-corrected chi connectivity index (χ4v) is 4.10. The predicted octanol–water partition coefficient (Wildman–Crippen LogP) is 2.76. The Morgan fingerprint density at radius 2 is 2.04 bits per heavy atom. The van der Waals surface area contributed by atoms with Gasteiger partial charge in [0, 0.05) is 11.6 Å². The van der Waals surface area contributed by atoms with E-state index in [-0.39, 0.29) is 10.2 Å². The molecule has 0 radical (unpaired) electrons. The van der Waals surface area contributed by atoms with Gasteiger partial charge in [-0.15, -0.1) is 11.3 Å². The van der Waals surface area contributed by atoms with E-state index < -0.39 is 10.0 Å². The molecule has 3 aromatic heterocycles. The second kappa shape index (κ2) is 6.19. The zero-order valence-electron chi connectivity index (χ0n) is 11.8. The summed E-state index contributed by atoms with van der Waals surface area (Å²) in [7, 11) is -3.80. The Morgan fingerprint density at radius 1 is 1.22 bits per heavy atom. The summed E-state index contributed by atoms with van der Waals surface area (Å²) < 4.78 is 27.0. The van der Waals surface area contributed by atoms with E-state index in [9.17, 15) is 8.42 Å². The fraction of sp³-hybridized carbons (Fsp3) is 0.0769. The van der Waals surface area contributed by atoms with Crippen LogP contribution in [0.2, 0.25) is 5.02 Å². The highest BCUT2D eigenvalue weighted by Gasteiger charge is 2.19. The lowest BCUT2D eigenvalue weighted by atomic mass is 10.3. The topological polar surface area (TPSA) is 97.7 Å². The van der Waals surface area contributed by atoms with Crippen LogP contribution < -0.4 is 4.72 Å². The molecule has 3 heterocycles. The number of pyridine rings is 1. The third-order valence-corrected chi connectivity index (χ3v) is 5.79. The Kier molecular flexibility index (Phi) is 4.24. The van der Waals surface area contributed by atoms with Crippen molar-refractivity contribution in [1.82, 2.24) is 19.9 Å². The summed E-state index contributed by atoms with van der Waals surface area (Å²) in [4.78, 5) is 16.4. The van der Waals surface area contributed by atoms with Crippen LogP contribution in [-0.2, 0) is 10.0 Å². The number of nitrogens with one attached hydrogen (secondary N) is 1. The summed E-state index contributed by atoms with van der Waals surface area (Å²) in [6.45, 7) is 1.65. The molecule has 0 amide bonds. The molecule has 0 saturated carbocycles. The summed E-state index contributed by atoms with van der Waals surface area (Å²) in [6.07, 6.45) is 1.60. The monoisotopic (exact) mass is 367 g/mol. The lowest BCUT2D eigenvalue weighted by molar-refractivity contribution is 0.602. The molecule has 0 saturated heterocycles. The number of nitrogens with zero attached hydrogens (tertiary/aromatic N) is 4. The Balaban J connectivity index is 1.96. The number of rotatable bonds is 4. The molecule has 118 valence electrons. The minimum atomic E-state index is -3.80. The van der Waals surface area contributed by atoms with Gasteiger partial charge >= 0.3 is 0 Å². The van der Waals surface area contributed by atoms with Crippen LogP contribution in [0.3, 0.4) is 0 Å². The smallest absolute Gasteiger partial charge is 0.253 e.